The van der Waals surface area contributed by atoms with Gasteiger partial charge in [-0.25, -0.2) is 0 Å². The second-order valence-corrected chi connectivity index (χ2v) is 5.72. The summed E-state index contributed by atoms with van der Waals surface area (Å²) in [5, 5.41) is 3.63. The summed E-state index contributed by atoms with van der Waals surface area (Å²) in [5.74, 6) is 0.943. The predicted octanol–water partition coefficient (Wildman–Crippen LogP) is 2.80. The highest BCUT2D eigenvalue weighted by atomic mass is 16.5. The van der Waals surface area contributed by atoms with Crippen molar-refractivity contribution in [1.29, 1.82) is 0 Å². The van der Waals surface area contributed by atoms with E-state index in [1.54, 1.807) is 7.11 Å². The van der Waals surface area contributed by atoms with E-state index in [-0.39, 0.29) is 0 Å². The molecule has 2 heterocycles. The molecular weight excluding hydrogens is 236 g/mol. The van der Waals surface area contributed by atoms with Gasteiger partial charge in [0.1, 0.15) is 5.75 Å². The Morgan fingerprint density at radius 2 is 1.79 bits per heavy atom. The predicted molar refractivity (Wildman–Crippen MR) is 79.0 cm³/mol. The lowest BCUT2D eigenvalue weighted by atomic mass is 9.96. The highest BCUT2D eigenvalue weighted by molar-refractivity contribution is 5.52. The highest BCUT2D eigenvalue weighted by Gasteiger charge is 2.40. The van der Waals surface area contributed by atoms with Gasteiger partial charge in [0.15, 0.2) is 0 Å². The van der Waals surface area contributed by atoms with Crippen molar-refractivity contribution in [3.63, 3.8) is 0 Å². The van der Waals surface area contributed by atoms with E-state index in [0.717, 1.165) is 30.4 Å². The number of fused-ring (bicyclic) bond motifs is 2. The van der Waals surface area contributed by atoms with Crippen molar-refractivity contribution in [2.75, 3.05) is 18.6 Å². The first kappa shape index (κ1) is 12.8. The molecule has 104 valence electrons. The number of hydrogen-bond acceptors (Lipinski definition) is 3. The molecule has 2 aliphatic rings. The van der Waals surface area contributed by atoms with Crippen molar-refractivity contribution in [1.82, 2.24) is 5.32 Å². The van der Waals surface area contributed by atoms with E-state index in [9.17, 15) is 0 Å². The lowest BCUT2D eigenvalue weighted by Gasteiger charge is -2.41. The molecule has 0 radical (unpaired) electrons. The van der Waals surface area contributed by atoms with Crippen LogP contribution in [0.15, 0.2) is 24.3 Å². The molecule has 2 unspecified atom stereocenters. The third-order valence-corrected chi connectivity index (χ3v) is 4.60. The summed E-state index contributed by atoms with van der Waals surface area (Å²) in [4.78, 5) is 2.65. The molecule has 2 bridgehead atoms. The summed E-state index contributed by atoms with van der Waals surface area (Å²) in [6, 6.07) is 10.7. The molecule has 19 heavy (non-hydrogen) atoms. The minimum absolute atomic E-state index is 0.719. The van der Waals surface area contributed by atoms with Crippen molar-refractivity contribution in [3.05, 3.63) is 24.3 Å². The zero-order chi connectivity index (χ0) is 13.2. The highest BCUT2D eigenvalue weighted by Crippen LogP contribution is 2.39. The molecule has 2 saturated heterocycles. The van der Waals surface area contributed by atoms with E-state index in [1.165, 1.54) is 31.4 Å². The van der Waals surface area contributed by atoms with Gasteiger partial charge in [0, 0.05) is 23.8 Å². The third-order valence-electron chi connectivity index (χ3n) is 4.60. The summed E-state index contributed by atoms with van der Waals surface area (Å²) in [7, 11) is 1.72. The van der Waals surface area contributed by atoms with Gasteiger partial charge in [0.2, 0.25) is 0 Å². The third kappa shape index (κ3) is 2.44. The van der Waals surface area contributed by atoms with Crippen LogP contribution in [0.1, 0.15) is 32.6 Å². The van der Waals surface area contributed by atoms with Crippen LogP contribution in [-0.2, 0) is 0 Å². The number of hydrogen-bond donors (Lipinski definition) is 1. The Kier molecular flexibility index (Phi) is 3.65. The van der Waals surface area contributed by atoms with Crippen LogP contribution < -0.4 is 15.0 Å². The summed E-state index contributed by atoms with van der Waals surface area (Å²) in [6.45, 7) is 3.30. The molecule has 0 spiro atoms. The first-order valence-corrected chi connectivity index (χ1v) is 7.47. The Labute approximate surface area is 115 Å². The zero-order valence-electron chi connectivity index (χ0n) is 11.9. The lowest BCUT2D eigenvalue weighted by molar-refractivity contribution is 0.361. The van der Waals surface area contributed by atoms with Crippen LogP contribution in [0.5, 0.6) is 5.75 Å². The number of nitrogens with zero attached hydrogens (tertiary/aromatic N) is 1. The quantitative estimate of drug-likeness (QED) is 0.901. The van der Waals surface area contributed by atoms with Crippen molar-refractivity contribution in [2.24, 2.45) is 0 Å². The van der Waals surface area contributed by atoms with Gasteiger partial charge in [0.05, 0.1) is 7.11 Å². The van der Waals surface area contributed by atoms with E-state index in [1.807, 2.05) is 0 Å². The fourth-order valence-electron chi connectivity index (χ4n) is 3.81. The number of piperidine rings is 1. The molecule has 0 amide bonds. The average Bonchev–Trinajstić information content (AvgIpc) is 2.71. The van der Waals surface area contributed by atoms with Crippen molar-refractivity contribution in [2.45, 2.75) is 50.7 Å². The maximum absolute atomic E-state index is 5.25. The van der Waals surface area contributed by atoms with Gasteiger partial charge < -0.3 is 15.0 Å². The average molecular weight is 260 g/mol. The molecule has 3 nitrogen and oxygen atoms in total. The fraction of sp³-hybridized carbons (Fsp3) is 0.625. The Morgan fingerprint density at radius 1 is 1.16 bits per heavy atom. The number of anilines is 1. The number of methoxy groups -OCH3 is 1. The summed E-state index contributed by atoms with van der Waals surface area (Å²) >= 11 is 0. The van der Waals surface area contributed by atoms with Gasteiger partial charge in [-0.2, -0.15) is 0 Å². The molecular formula is C16H24N2O. The van der Waals surface area contributed by atoms with Crippen LogP contribution in [0.4, 0.5) is 5.69 Å². The maximum Gasteiger partial charge on any atom is 0.119 e. The largest absolute Gasteiger partial charge is 0.497 e. The van der Waals surface area contributed by atoms with Gasteiger partial charge >= 0.3 is 0 Å². The van der Waals surface area contributed by atoms with Gasteiger partial charge in [-0.15, -0.1) is 0 Å². The summed E-state index contributed by atoms with van der Waals surface area (Å²) in [6.07, 6.45) is 5.27. The molecule has 1 aromatic rings. The van der Waals surface area contributed by atoms with Crippen LogP contribution >= 0.6 is 0 Å². The maximum atomic E-state index is 5.25. The van der Waals surface area contributed by atoms with E-state index in [2.05, 4.69) is 41.4 Å². The molecule has 1 N–H and O–H groups in total. The SMILES string of the molecule is CCNC1CC2CCC(C1)N2c1ccc(OC)cc1. The minimum Gasteiger partial charge on any atom is -0.497 e. The molecule has 2 aliphatic heterocycles. The van der Waals surface area contributed by atoms with Crippen molar-refractivity contribution < 1.29 is 4.74 Å². The summed E-state index contributed by atoms with van der Waals surface area (Å²) in [5.41, 5.74) is 1.36. The molecule has 2 fully saturated rings. The van der Waals surface area contributed by atoms with Gasteiger partial charge in [-0.1, -0.05) is 6.92 Å². The Balaban J connectivity index is 1.75. The van der Waals surface area contributed by atoms with Gasteiger partial charge in [-0.05, 0) is 56.5 Å². The van der Waals surface area contributed by atoms with E-state index < -0.39 is 0 Å². The Morgan fingerprint density at radius 3 is 2.32 bits per heavy atom. The first-order valence-electron chi connectivity index (χ1n) is 7.47. The van der Waals surface area contributed by atoms with E-state index >= 15 is 0 Å². The molecule has 0 saturated carbocycles. The summed E-state index contributed by atoms with van der Waals surface area (Å²) < 4.78 is 5.25. The lowest BCUT2D eigenvalue weighted by Crippen LogP contribution is -2.49. The number of benzene rings is 1. The molecule has 1 aromatic carbocycles. The van der Waals surface area contributed by atoms with Crippen molar-refractivity contribution >= 4 is 5.69 Å². The zero-order valence-corrected chi connectivity index (χ0v) is 11.9. The number of nitrogens with one attached hydrogen (secondary N) is 1. The second-order valence-electron chi connectivity index (χ2n) is 5.72. The topological polar surface area (TPSA) is 24.5 Å². The van der Waals surface area contributed by atoms with E-state index in [0.29, 0.717) is 0 Å². The fourth-order valence-corrected chi connectivity index (χ4v) is 3.81. The minimum atomic E-state index is 0.719. The van der Waals surface area contributed by atoms with Crippen LogP contribution in [-0.4, -0.2) is 31.8 Å². The molecule has 3 rings (SSSR count). The monoisotopic (exact) mass is 260 g/mol. The number of rotatable bonds is 4. The van der Waals surface area contributed by atoms with Crippen LogP contribution in [0.25, 0.3) is 0 Å². The smallest absolute Gasteiger partial charge is 0.119 e. The first-order chi connectivity index (χ1) is 9.31. The van der Waals surface area contributed by atoms with Crippen LogP contribution in [0.3, 0.4) is 0 Å². The van der Waals surface area contributed by atoms with Crippen molar-refractivity contribution in [3.8, 4) is 5.75 Å². The molecule has 0 aromatic heterocycles. The van der Waals surface area contributed by atoms with Crippen LogP contribution in [0, 0.1) is 0 Å². The molecule has 0 aliphatic carbocycles. The standard InChI is InChI=1S/C16H24N2O/c1-3-17-12-10-14-4-5-15(11-12)18(14)13-6-8-16(19-2)9-7-13/h6-9,12,14-15,17H,3-5,10-11H2,1-2H3. The van der Waals surface area contributed by atoms with Crippen LogP contribution in [0.2, 0.25) is 0 Å². The van der Waals surface area contributed by atoms with Gasteiger partial charge in [0.25, 0.3) is 0 Å². The normalized spacial score (nSPS) is 29.6. The molecule has 2 atom stereocenters. The number of ether oxygens (including phenoxy) is 1. The van der Waals surface area contributed by atoms with Gasteiger partial charge in [-0.3, -0.25) is 0 Å². The van der Waals surface area contributed by atoms with E-state index in [4.69, 9.17) is 4.74 Å². The molecule has 3 heteroatoms. The Bertz CT molecular complexity index is 403. The second kappa shape index (κ2) is 5.41. The Hall–Kier alpha value is -1.22.